The van der Waals surface area contributed by atoms with Gasteiger partial charge in [-0.3, -0.25) is 14.7 Å². The van der Waals surface area contributed by atoms with Gasteiger partial charge in [-0.2, -0.15) is 0 Å². The van der Waals surface area contributed by atoms with Crippen LogP contribution in [0.1, 0.15) is 36.1 Å². The zero-order valence-corrected chi connectivity index (χ0v) is 20.4. The summed E-state index contributed by atoms with van der Waals surface area (Å²) in [5.41, 5.74) is 4.95. The molecule has 0 spiro atoms. The molecule has 182 valence electrons. The highest BCUT2D eigenvalue weighted by atomic mass is 16.5. The van der Waals surface area contributed by atoms with E-state index in [9.17, 15) is 4.79 Å². The van der Waals surface area contributed by atoms with Gasteiger partial charge >= 0.3 is 5.97 Å². The Morgan fingerprint density at radius 3 is 2.18 bits per heavy atom. The van der Waals surface area contributed by atoms with Gasteiger partial charge in [0, 0.05) is 64.0 Å². The first-order chi connectivity index (χ1) is 16.5. The van der Waals surface area contributed by atoms with Gasteiger partial charge in [0.1, 0.15) is 0 Å². The van der Waals surface area contributed by atoms with Crippen LogP contribution in [-0.2, 0) is 29.2 Å². The smallest absolute Gasteiger partial charge is 0.328 e. The van der Waals surface area contributed by atoms with Gasteiger partial charge in [0.25, 0.3) is 0 Å². The molecule has 4 rings (SSSR count). The lowest BCUT2D eigenvalue weighted by Crippen LogP contribution is -2.55. The number of rotatable bonds is 8. The van der Waals surface area contributed by atoms with Crippen molar-refractivity contribution in [1.82, 2.24) is 14.7 Å². The minimum atomic E-state index is -0.922. The topological polar surface area (TPSA) is 56.3 Å². The fourth-order valence-electron chi connectivity index (χ4n) is 5.12. The van der Waals surface area contributed by atoms with Crippen LogP contribution in [0.2, 0.25) is 0 Å². The molecule has 2 aromatic carbocycles. The molecule has 2 aliphatic heterocycles. The summed E-state index contributed by atoms with van der Waals surface area (Å²) in [7, 11) is 0. The Bertz CT molecular complexity index is 957. The lowest BCUT2D eigenvalue weighted by Gasteiger charge is -2.44. The minimum absolute atomic E-state index is 0.476. The first-order valence-corrected chi connectivity index (χ1v) is 12.3. The molecule has 0 saturated carbocycles. The molecule has 2 aromatic rings. The van der Waals surface area contributed by atoms with Crippen LogP contribution in [0.25, 0.3) is 6.08 Å². The molecule has 34 heavy (non-hydrogen) atoms. The zero-order chi connectivity index (χ0) is 23.9. The number of carbonyl (C=O) groups is 1. The Hall–Kier alpha value is -2.51. The monoisotopic (exact) mass is 463 g/mol. The molecule has 0 aromatic heterocycles. The summed E-state index contributed by atoms with van der Waals surface area (Å²) in [6.07, 6.45) is 2.81. The predicted octanol–water partition coefficient (Wildman–Crippen LogP) is 3.71. The van der Waals surface area contributed by atoms with Crippen LogP contribution in [0.15, 0.2) is 54.6 Å². The molecule has 0 radical (unpaired) electrons. The molecular formula is C28H37N3O3. The molecule has 0 amide bonds. The van der Waals surface area contributed by atoms with Crippen LogP contribution in [0.5, 0.6) is 0 Å². The van der Waals surface area contributed by atoms with Crippen molar-refractivity contribution in [1.29, 1.82) is 0 Å². The van der Waals surface area contributed by atoms with E-state index in [-0.39, 0.29) is 0 Å². The van der Waals surface area contributed by atoms with E-state index in [0.717, 1.165) is 64.6 Å². The number of hydrogen-bond acceptors (Lipinski definition) is 5. The second-order valence-corrected chi connectivity index (χ2v) is 9.69. The van der Waals surface area contributed by atoms with Gasteiger partial charge in [0.2, 0.25) is 0 Å². The third-order valence-electron chi connectivity index (χ3n) is 6.85. The summed E-state index contributed by atoms with van der Waals surface area (Å²) in [6.45, 7) is 13.4. The molecule has 0 aliphatic carbocycles. The molecule has 6 heteroatoms. The SMILES string of the molecule is C[C@@H]1CN(Cc2ccc(/C=C/C(=O)O)cc2)C[C@H](C)N1Cc1cccc(CN2CCOCC2)c1. The Kier molecular flexibility index (Phi) is 8.51. The van der Waals surface area contributed by atoms with Crippen LogP contribution < -0.4 is 0 Å². The first kappa shape index (κ1) is 24.6. The third-order valence-corrected chi connectivity index (χ3v) is 6.85. The number of benzene rings is 2. The quantitative estimate of drug-likeness (QED) is 0.603. The number of hydrogen-bond donors (Lipinski definition) is 1. The van der Waals surface area contributed by atoms with Gasteiger partial charge in [0.15, 0.2) is 0 Å². The van der Waals surface area contributed by atoms with E-state index in [4.69, 9.17) is 9.84 Å². The summed E-state index contributed by atoms with van der Waals surface area (Å²) in [4.78, 5) is 18.3. The molecule has 1 N–H and O–H groups in total. The summed E-state index contributed by atoms with van der Waals surface area (Å²) < 4.78 is 5.48. The fourth-order valence-corrected chi connectivity index (χ4v) is 5.12. The van der Waals surface area contributed by atoms with E-state index in [2.05, 4.69) is 64.9 Å². The van der Waals surface area contributed by atoms with Crippen LogP contribution in [0.4, 0.5) is 0 Å². The van der Waals surface area contributed by atoms with Crippen molar-refractivity contribution in [3.63, 3.8) is 0 Å². The van der Waals surface area contributed by atoms with E-state index in [1.165, 1.54) is 22.8 Å². The van der Waals surface area contributed by atoms with Crippen molar-refractivity contribution in [3.8, 4) is 0 Å². The summed E-state index contributed by atoms with van der Waals surface area (Å²) in [6, 6.07) is 18.2. The average molecular weight is 464 g/mol. The molecule has 2 saturated heterocycles. The molecular weight excluding hydrogens is 426 g/mol. The van der Waals surface area contributed by atoms with E-state index in [1.54, 1.807) is 6.08 Å². The van der Waals surface area contributed by atoms with Crippen LogP contribution >= 0.6 is 0 Å². The van der Waals surface area contributed by atoms with Gasteiger partial charge in [-0.15, -0.1) is 0 Å². The molecule has 2 atom stereocenters. The van der Waals surface area contributed by atoms with Gasteiger partial charge in [0.05, 0.1) is 13.2 Å². The van der Waals surface area contributed by atoms with E-state index < -0.39 is 5.97 Å². The molecule has 6 nitrogen and oxygen atoms in total. The second kappa shape index (κ2) is 11.8. The van der Waals surface area contributed by atoms with Crippen molar-refractivity contribution >= 4 is 12.0 Å². The largest absolute Gasteiger partial charge is 0.478 e. The normalized spacial score (nSPS) is 22.9. The summed E-state index contributed by atoms with van der Waals surface area (Å²) in [5, 5.41) is 8.79. The first-order valence-electron chi connectivity index (χ1n) is 12.3. The molecule has 2 fully saturated rings. The number of nitrogens with zero attached hydrogens (tertiary/aromatic N) is 3. The number of ether oxygens (including phenoxy) is 1. The Morgan fingerprint density at radius 1 is 0.912 bits per heavy atom. The summed E-state index contributed by atoms with van der Waals surface area (Å²) >= 11 is 0. The molecule has 2 aliphatic rings. The third kappa shape index (κ3) is 7.00. The highest BCUT2D eigenvalue weighted by Crippen LogP contribution is 2.22. The molecule has 0 bridgehead atoms. The Balaban J connectivity index is 1.31. The van der Waals surface area contributed by atoms with Crippen molar-refractivity contribution in [3.05, 3.63) is 76.9 Å². The van der Waals surface area contributed by atoms with E-state index in [1.807, 2.05) is 12.1 Å². The standard InChI is InChI=1S/C28H37N3O3/c1-22-17-30(19-25-8-6-24(7-9-25)10-11-28(32)33)18-23(2)31(22)21-27-5-3-4-26(16-27)20-29-12-14-34-15-13-29/h3-11,16,22-23H,12-15,17-21H2,1-2H3,(H,32,33)/b11-10+/t22-,23+. The highest BCUT2D eigenvalue weighted by molar-refractivity contribution is 5.85. The van der Waals surface area contributed by atoms with Crippen molar-refractivity contribution < 1.29 is 14.6 Å². The fraction of sp³-hybridized carbons (Fsp3) is 0.464. The van der Waals surface area contributed by atoms with Gasteiger partial charge in [-0.05, 0) is 42.2 Å². The van der Waals surface area contributed by atoms with Gasteiger partial charge in [-0.25, -0.2) is 4.79 Å². The maximum Gasteiger partial charge on any atom is 0.328 e. The highest BCUT2D eigenvalue weighted by Gasteiger charge is 2.29. The number of morpholine rings is 1. The number of carboxylic acids is 1. The predicted molar refractivity (Wildman–Crippen MR) is 135 cm³/mol. The molecule has 2 heterocycles. The Labute approximate surface area is 203 Å². The number of piperazine rings is 1. The Morgan fingerprint density at radius 2 is 1.53 bits per heavy atom. The van der Waals surface area contributed by atoms with Crippen LogP contribution in [0.3, 0.4) is 0 Å². The average Bonchev–Trinajstić information content (AvgIpc) is 2.82. The summed E-state index contributed by atoms with van der Waals surface area (Å²) in [5.74, 6) is -0.922. The number of carboxylic acid groups (broad SMARTS) is 1. The van der Waals surface area contributed by atoms with Gasteiger partial charge in [-0.1, -0.05) is 48.5 Å². The number of aliphatic carboxylic acids is 1. The van der Waals surface area contributed by atoms with E-state index >= 15 is 0 Å². The maximum atomic E-state index is 10.7. The second-order valence-electron chi connectivity index (χ2n) is 9.69. The van der Waals surface area contributed by atoms with Crippen molar-refractivity contribution in [2.45, 2.75) is 45.6 Å². The van der Waals surface area contributed by atoms with Gasteiger partial charge < -0.3 is 9.84 Å². The zero-order valence-electron chi connectivity index (χ0n) is 20.4. The van der Waals surface area contributed by atoms with Crippen molar-refractivity contribution in [2.75, 3.05) is 39.4 Å². The van der Waals surface area contributed by atoms with Crippen molar-refractivity contribution in [2.24, 2.45) is 0 Å². The minimum Gasteiger partial charge on any atom is -0.478 e. The van der Waals surface area contributed by atoms with Crippen LogP contribution in [0, 0.1) is 0 Å². The maximum absolute atomic E-state index is 10.7. The van der Waals surface area contributed by atoms with Crippen LogP contribution in [-0.4, -0.2) is 77.3 Å². The lowest BCUT2D eigenvalue weighted by atomic mass is 10.0. The lowest BCUT2D eigenvalue weighted by molar-refractivity contribution is -0.131. The van der Waals surface area contributed by atoms with E-state index in [0.29, 0.717) is 12.1 Å². The molecule has 0 unspecified atom stereocenters.